The Labute approximate surface area is 123 Å². The Morgan fingerprint density at radius 1 is 1.14 bits per heavy atom. The Bertz CT molecular complexity index is 921. The molecule has 0 aliphatic rings. The highest BCUT2D eigenvalue weighted by Crippen LogP contribution is 2.22. The predicted molar refractivity (Wildman–Crippen MR) is 77.0 cm³/mol. The first-order valence-corrected chi connectivity index (χ1v) is 6.49. The number of aryl methyl sites for hydroxylation is 1. The van der Waals surface area contributed by atoms with Gasteiger partial charge in [0.15, 0.2) is 5.43 Å². The second-order valence-electron chi connectivity index (χ2n) is 4.59. The van der Waals surface area contributed by atoms with E-state index in [0.717, 1.165) is 12.1 Å². The molecule has 1 aromatic carbocycles. The van der Waals surface area contributed by atoms with Crippen LogP contribution in [0.15, 0.2) is 41.2 Å². The van der Waals surface area contributed by atoms with Crippen molar-refractivity contribution in [3.05, 3.63) is 69.1 Å². The Balaban J connectivity index is 2.46. The minimum absolute atomic E-state index is 0.105. The molecule has 0 aliphatic carbocycles. The number of pyridine rings is 2. The third-order valence-corrected chi connectivity index (χ3v) is 3.37. The molecular formula is C15H9ClF2N2O. The van der Waals surface area contributed by atoms with Gasteiger partial charge in [0, 0.05) is 17.8 Å². The van der Waals surface area contributed by atoms with E-state index in [9.17, 15) is 13.6 Å². The Hall–Kier alpha value is -2.27. The van der Waals surface area contributed by atoms with Crippen molar-refractivity contribution in [2.45, 2.75) is 6.92 Å². The molecule has 0 saturated carbocycles. The molecule has 0 atom stereocenters. The molecule has 0 unspecified atom stereocenters. The fourth-order valence-corrected chi connectivity index (χ4v) is 2.40. The fraction of sp³-hybridized carbons (Fsp3) is 0.0667. The van der Waals surface area contributed by atoms with Crippen molar-refractivity contribution in [1.82, 2.24) is 9.55 Å². The van der Waals surface area contributed by atoms with Gasteiger partial charge < -0.3 is 0 Å². The summed E-state index contributed by atoms with van der Waals surface area (Å²) in [6.07, 6.45) is 0. The summed E-state index contributed by atoms with van der Waals surface area (Å²) >= 11 is 5.87. The first-order chi connectivity index (χ1) is 9.97. The zero-order chi connectivity index (χ0) is 15.1. The molecule has 3 aromatic rings. The highest BCUT2D eigenvalue weighted by atomic mass is 35.5. The maximum atomic E-state index is 14.0. The molecule has 0 spiro atoms. The third kappa shape index (κ3) is 2.29. The van der Waals surface area contributed by atoms with Gasteiger partial charge in [0.25, 0.3) is 0 Å². The van der Waals surface area contributed by atoms with E-state index in [1.807, 2.05) is 0 Å². The smallest absolute Gasteiger partial charge is 0.191 e. The molecule has 0 saturated heterocycles. The van der Waals surface area contributed by atoms with Crippen LogP contribution in [-0.4, -0.2) is 9.55 Å². The highest BCUT2D eigenvalue weighted by Gasteiger charge is 2.13. The maximum absolute atomic E-state index is 14.0. The van der Waals surface area contributed by atoms with Crippen molar-refractivity contribution in [2.24, 2.45) is 0 Å². The molecule has 0 amide bonds. The van der Waals surface area contributed by atoms with E-state index in [1.165, 1.54) is 28.8 Å². The normalized spacial score (nSPS) is 11.0. The number of halogens is 3. The van der Waals surface area contributed by atoms with Crippen molar-refractivity contribution in [3.8, 4) is 5.69 Å². The van der Waals surface area contributed by atoms with Gasteiger partial charge in [0.2, 0.25) is 0 Å². The minimum Gasteiger partial charge on any atom is -0.295 e. The van der Waals surface area contributed by atoms with E-state index in [4.69, 9.17) is 11.6 Å². The number of aromatic nitrogens is 2. The van der Waals surface area contributed by atoms with Crippen LogP contribution in [-0.2, 0) is 0 Å². The van der Waals surface area contributed by atoms with Crippen LogP contribution in [0, 0.1) is 18.6 Å². The summed E-state index contributed by atoms with van der Waals surface area (Å²) in [4.78, 5) is 16.1. The lowest BCUT2D eigenvalue weighted by Crippen LogP contribution is -2.13. The zero-order valence-electron chi connectivity index (χ0n) is 10.9. The Kier molecular flexibility index (Phi) is 3.22. The SMILES string of the molecule is Cc1cc(=O)c2ccc(Cl)nc2n1-c1ccc(F)cc1F. The van der Waals surface area contributed by atoms with Crippen LogP contribution in [0.25, 0.3) is 16.7 Å². The molecule has 0 fully saturated rings. The number of hydrogen-bond donors (Lipinski definition) is 0. The summed E-state index contributed by atoms with van der Waals surface area (Å²) in [6, 6.07) is 7.62. The van der Waals surface area contributed by atoms with Crippen LogP contribution >= 0.6 is 11.6 Å². The van der Waals surface area contributed by atoms with Gasteiger partial charge in [0.1, 0.15) is 22.4 Å². The molecule has 21 heavy (non-hydrogen) atoms. The Morgan fingerprint density at radius 2 is 1.90 bits per heavy atom. The summed E-state index contributed by atoms with van der Waals surface area (Å²) in [5, 5.41) is 0.498. The van der Waals surface area contributed by atoms with Crippen molar-refractivity contribution in [3.63, 3.8) is 0 Å². The lowest BCUT2D eigenvalue weighted by molar-refractivity contribution is 0.577. The van der Waals surface area contributed by atoms with Crippen LogP contribution in [0.4, 0.5) is 8.78 Å². The van der Waals surface area contributed by atoms with Crippen molar-refractivity contribution in [1.29, 1.82) is 0 Å². The van der Waals surface area contributed by atoms with Gasteiger partial charge in [-0.2, -0.15) is 0 Å². The molecule has 2 heterocycles. The minimum atomic E-state index is -0.746. The second-order valence-corrected chi connectivity index (χ2v) is 4.97. The lowest BCUT2D eigenvalue weighted by Gasteiger charge is -2.14. The van der Waals surface area contributed by atoms with E-state index in [2.05, 4.69) is 4.98 Å². The molecule has 0 aliphatic heterocycles. The van der Waals surface area contributed by atoms with E-state index < -0.39 is 11.6 Å². The number of rotatable bonds is 1. The average Bonchev–Trinajstić information content (AvgIpc) is 2.40. The van der Waals surface area contributed by atoms with E-state index >= 15 is 0 Å². The number of benzene rings is 1. The fourth-order valence-electron chi connectivity index (χ4n) is 2.25. The maximum Gasteiger partial charge on any atom is 0.191 e. The monoisotopic (exact) mass is 306 g/mol. The van der Waals surface area contributed by atoms with Gasteiger partial charge in [-0.3, -0.25) is 9.36 Å². The molecule has 0 N–H and O–H groups in total. The number of nitrogens with zero attached hydrogens (tertiary/aromatic N) is 2. The highest BCUT2D eigenvalue weighted by molar-refractivity contribution is 6.29. The number of fused-ring (bicyclic) bond motifs is 1. The van der Waals surface area contributed by atoms with E-state index in [0.29, 0.717) is 11.1 Å². The van der Waals surface area contributed by atoms with Crippen LogP contribution < -0.4 is 5.43 Å². The predicted octanol–water partition coefficient (Wildman–Crippen LogP) is 3.63. The van der Waals surface area contributed by atoms with Gasteiger partial charge >= 0.3 is 0 Å². The summed E-state index contributed by atoms with van der Waals surface area (Å²) in [5.41, 5.74) is 0.588. The molecule has 106 valence electrons. The summed E-state index contributed by atoms with van der Waals surface area (Å²) in [7, 11) is 0. The second kappa shape index (κ2) is 4.93. The Morgan fingerprint density at radius 3 is 2.62 bits per heavy atom. The molecular weight excluding hydrogens is 298 g/mol. The largest absolute Gasteiger partial charge is 0.295 e. The third-order valence-electron chi connectivity index (χ3n) is 3.16. The quantitative estimate of drug-likeness (QED) is 0.644. The van der Waals surface area contributed by atoms with Crippen LogP contribution in [0.3, 0.4) is 0 Å². The molecule has 3 nitrogen and oxygen atoms in total. The van der Waals surface area contributed by atoms with E-state index in [-0.39, 0.29) is 21.9 Å². The van der Waals surface area contributed by atoms with E-state index in [1.54, 1.807) is 6.92 Å². The van der Waals surface area contributed by atoms with Crippen molar-refractivity contribution in [2.75, 3.05) is 0 Å². The topological polar surface area (TPSA) is 34.9 Å². The van der Waals surface area contributed by atoms with Gasteiger partial charge in [-0.05, 0) is 31.2 Å². The molecule has 2 aromatic heterocycles. The van der Waals surface area contributed by atoms with Gasteiger partial charge in [-0.15, -0.1) is 0 Å². The van der Waals surface area contributed by atoms with Crippen LogP contribution in [0.5, 0.6) is 0 Å². The number of hydrogen-bond acceptors (Lipinski definition) is 2. The molecule has 0 radical (unpaired) electrons. The average molecular weight is 307 g/mol. The first kappa shape index (κ1) is 13.7. The van der Waals surface area contributed by atoms with Gasteiger partial charge in [-0.25, -0.2) is 13.8 Å². The zero-order valence-corrected chi connectivity index (χ0v) is 11.7. The van der Waals surface area contributed by atoms with Crippen LogP contribution in [0.2, 0.25) is 5.15 Å². The van der Waals surface area contributed by atoms with Gasteiger partial charge in [-0.1, -0.05) is 11.6 Å². The lowest BCUT2D eigenvalue weighted by atomic mass is 10.2. The molecule has 0 bridgehead atoms. The summed E-state index contributed by atoms with van der Waals surface area (Å²) in [5.74, 6) is -1.42. The molecule has 3 rings (SSSR count). The summed E-state index contributed by atoms with van der Waals surface area (Å²) < 4.78 is 28.6. The van der Waals surface area contributed by atoms with Crippen molar-refractivity contribution < 1.29 is 8.78 Å². The van der Waals surface area contributed by atoms with Gasteiger partial charge in [0.05, 0.1) is 11.1 Å². The van der Waals surface area contributed by atoms with Crippen molar-refractivity contribution >= 4 is 22.6 Å². The summed E-state index contributed by atoms with van der Waals surface area (Å²) in [6.45, 7) is 1.65. The van der Waals surface area contributed by atoms with Crippen LogP contribution in [0.1, 0.15) is 5.69 Å². The molecule has 6 heteroatoms. The first-order valence-electron chi connectivity index (χ1n) is 6.12. The standard InChI is InChI=1S/C15H9ClF2N2O/c1-8-6-13(21)10-3-5-14(16)19-15(10)20(8)12-4-2-9(17)7-11(12)18/h2-7H,1H3.